The Morgan fingerprint density at radius 3 is 2.52 bits per heavy atom. The Bertz CT molecular complexity index is 784. The Balaban J connectivity index is 1.92. The molecule has 4 heteroatoms. The summed E-state index contributed by atoms with van der Waals surface area (Å²) in [5, 5.41) is 1.81. The van der Waals surface area contributed by atoms with Crippen molar-refractivity contribution in [2.45, 2.75) is 0 Å². The highest BCUT2D eigenvalue weighted by molar-refractivity contribution is 5.93. The molecule has 0 aliphatic carbocycles. The monoisotopic (exact) mass is 279 g/mol. The molecule has 0 atom stereocenters. The lowest BCUT2D eigenvalue weighted by Gasteiger charge is -2.07. The van der Waals surface area contributed by atoms with Crippen LogP contribution >= 0.6 is 0 Å². The van der Waals surface area contributed by atoms with Gasteiger partial charge in [0, 0.05) is 11.6 Å². The minimum Gasteiger partial charge on any atom is -0.464 e. The van der Waals surface area contributed by atoms with E-state index in [4.69, 9.17) is 4.74 Å². The number of esters is 1. The summed E-state index contributed by atoms with van der Waals surface area (Å²) >= 11 is 0. The SMILES string of the molecule is COC(=O)c1cc2ccc(Oc3ccccc3)cc2cn1. The Morgan fingerprint density at radius 1 is 0.952 bits per heavy atom. The van der Waals surface area contributed by atoms with E-state index in [0.29, 0.717) is 5.69 Å². The number of nitrogens with zero attached hydrogens (tertiary/aromatic N) is 1. The first-order valence-corrected chi connectivity index (χ1v) is 6.47. The largest absolute Gasteiger partial charge is 0.464 e. The van der Waals surface area contributed by atoms with Gasteiger partial charge in [-0.05, 0) is 35.7 Å². The average molecular weight is 279 g/mol. The predicted molar refractivity (Wildman–Crippen MR) is 79.6 cm³/mol. The van der Waals surface area contributed by atoms with Crippen molar-refractivity contribution >= 4 is 16.7 Å². The second-order valence-electron chi connectivity index (χ2n) is 4.49. The van der Waals surface area contributed by atoms with Gasteiger partial charge in [-0.25, -0.2) is 9.78 Å². The van der Waals surface area contributed by atoms with E-state index in [1.807, 2.05) is 48.5 Å². The highest BCUT2D eigenvalue weighted by Gasteiger charge is 2.08. The molecule has 1 aromatic heterocycles. The van der Waals surface area contributed by atoms with Gasteiger partial charge in [-0.1, -0.05) is 24.3 Å². The molecule has 0 N–H and O–H groups in total. The Hall–Kier alpha value is -2.88. The van der Waals surface area contributed by atoms with Crippen LogP contribution in [0.25, 0.3) is 10.8 Å². The highest BCUT2D eigenvalue weighted by atomic mass is 16.5. The van der Waals surface area contributed by atoms with Gasteiger partial charge in [0.05, 0.1) is 7.11 Å². The van der Waals surface area contributed by atoms with E-state index >= 15 is 0 Å². The van der Waals surface area contributed by atoms with Crippen molar-refractivity contribution < 1.29 is 14.3 Å². The number of methoxy groups -OCH3 is 1. The normalized spacial score (nSPS) is 10.3. The molecule has 0 radical (unpaired) electrons. The lowest BCUT2D eigenvalue weighted by molar-refractivity contribution is 0.0594. The van der Waals surface area contributed by atoms with Gasteiger partial charge in [0.15, 0.2) is 0 Å². The van der Waals surface area contributed by atoms with Crippen LogP contribution in [0.1, 0.15) is 10.5 Å². The van der Waals surface area contributed by atoms with Crippen LogP contribution in [0.15, 0.2) is 60.8 Å². The number of pyridine rings is 1. The van der Waals surface area contributed by atoms with Crippen LogP contribution in [0.4, 0.5) is 0 Å². The quantitative estimate of drug-likeness (QED) is 0.684. The summed E-state index contributed by atoms with van der Waals surface area (Å²) in [4.78, 5) is 15.6. The fourth-order valence-corrected chi connectivity index (χ4v) is 2.02. The minimum absolute atomic E-state index is 0.293. The van der Waals surface area contributed by atoms with Gasteiger partial charge < -0.3 is 9.47 Å². The van der Waals surface area contributed by atoms with Crippen molar-refractivity contribution in [3.63, 3.8) is 0 Å². The third kappa shape index (κ3) is 2.84. The van der Waals surface area contributed by atoms with Gasteiger partial charge in [-0.15, -0.1) is 0 Å². The molecule has 21 heavy (non-hydrogen) atoms. The maximum atomic E-state index is 11.5. The zero-order valence-corrected chi connectivity index (χ0v) is 11.4. The number of fused-ring (bicyclic) bond motifs is 1. The molecule has 0 amide bonds. The predicted octanol–water partition coefficient (Wildman–Crippen LogP) is 3.81. The Kier molecular flexibility index (Phi) is 3.51. The van der Waals surface area contributed by atoms with E-state index in [-0.39, 0.29) is 0 Å². The topological polar surface area (TPSA) is 48.4 Å². The van der Waals surface area contributed by atoms with Gasteiger partial charge >= 0.3 is 5.97 Å². The molecule has 0 bridgehead atoms. The number of carbonyl (C=O) groups excluding carboxylic acids is 1. The maximum absolute atomic E-state index is 11.5. The van der Waals surface area contributed by atoms with Gasteiger partial charge in [-0.3, -0.25) is 0 Å². The fraction of sp³-hybridized carbons (Fsp3) is 0.0588. The molecule has 0 spiro atoms. The molecule has 3 rings (SSSR count). The lowest BCUT2D eigenvalue weighted by Crippen LogP contribution is -2.03. The zero-order valence-electron chi connectivity index (χ0n) is 11.4. The molecule has 0 saturated heterocycles. The molecular weight excluding hydrogens is 266 g/mol. The summed E-state index contributed by atoms with van der Waals surface area (Å²) in [5.74, 6) is 1.05. The van der Waals surface area contributed by atoms with Gasteiger partial charge in [0.25, 0.3) is 0 Å². The molecule has 104 valence electrons. The first-order valence-electron chi connectivity index (χ1n) is 6.47. The van der Waals surface area contributed by atoms with E-state index in [1.54, 1.807) is 12.3 Å². The van der Waals surface area contributed by atoms with E-state index in [9.17, 15) is 4.79 Å². The summed E-state index contributed by atoms with van der Waals surface area (Å²) in [6.45, 7) is 0. The van der Waals surface area contributed by atoms with E-state index < -0.39 is 5.97 Å². The third-order valence-electron chi connectivity index (χ3n) is 3.07. The zero-order chi connectivity index (χ0) is 14.7. The van der Waals surface area contributed by atoms with Crippen molar-refractivity contribution in [1.29, 1.82) is 0 Å². The fourth-order valence-electron chi connectivity index (χ4n) is 2.02. The number of hydrogen-bond donors (Lipinski definition) is 0. The van der Waals surface area contributed by atoms with Crippen LogP contribution in [0.5, 0.6) is 11.5 Å². The third-order valence-corrected chi connectivity index (χ3v) is 3.07. The first kappa shape index (κ1) is 13.1. The smallest absolute Gasteiger partial charge is 0.356 e. The summed E-state index contributed by atoms with van der Waals surface area (Å²) in [6.07, 6.45) is 1.64. The molecule has 3 aromatic rings. The lowest BCUT2D eigenvalue weighted by atomic mass is 10.1. The van der Waals surface area contributed by atoms with Crippen LogP contribution in [0.2, 0.25) is 0 Å². The van der Waals surface area contributed by atoms with Gasteiger partial charge in [0.1, 0.15) is 17.2 Å². The summed E-state index contributed by atoms with van der Waals surface area (Å²) in [5.41, 5.74) is 0.293. The van der Waals surface area contributed by atoms with Gasteiger partial charge in [-0.2, -0.15) is 0 Å². The molecule has 4 nitrogen and oxygen atoms in total. The number of aromatic nitrogens is 1. The molecule has 0 saturated carbocycles. The van der Waals surface area contributed by atoms with Crippen LogP contribution < -0.4 is 4.74 Å². The van der Waals surface area contributed by atoms with Crippen LogP contribution in [-0.4, -0.2) is 18.1 Å². The maximum Gasteiger partial charge on any atom is 0.356 e. The second kappa shape index (κ2) is 5.63. The molecule has 0 aliphatic heterocycles. The number of ether oxygens (including phenoxy) is 2. The van der Waals surface area contributed by atoms with Crippen LogP contribution in [0, 0.1) is 0 Å². The van der Waals surface area contributed by atoms with Crippen molar-refractivity contribution in [2.24, 2.45) is 0 Å². The summed E-state index contributed by atoms with van der Waals surface area (Å²) < 4.78 is 10.4. The summed E-state index contributed by atoms with van der Waals surface area (Å²) in [7, 11) is 1.34. The van der Waals surface area contributed by atoms with Crippen molar-refractivity contribution in [3.8, 4) is 11.5 Å². The van der Waals surface area contributed by atoms with Crippen molar-refractivity contribution in [2.75, 3.05) is 7.11 Å². The number of benzene rings is 2. The van der Waals surface area contributed by atoms with Crippen molar-refractivity contribution in [1.82, 2.24) is 4.98 Å². The summed E-state index contributed by atoms with van der Waals surface area (Å²) in [6, 6.07) is 16.9. The average Bonchev–Trinajstić information content (AvgIpc) is 2.54. The molecule has 0 aliphatic rings. The second-order valence-corrected chi connectivity index (χ2v) is 4.49. The van der Waals surface area contributed by atoms with E-state index in [2.05, 4.69) is 9.72 Å². The number of rotatable bonds is 3. The molecule has 2 aromatic carbocycles. The minimum atomic E-state index is -0.443. The van der Waals surface area contributed by atoms with E-state index in [1.165, 1.54) is 7.11 Å². The number of hydrogen-bond acceptors (Lipinski definition) is 4. The molecule has 0 unspecified atom stereocenters. The number of carbonyl (C=O) groups is 1. The van der Waals surface area contributed by atoms with Crippen LogP contribution in [-0.2, 0) is 4.74 Å². The standard InChI is InChI=1S/C17H13NO3/c1-20-17(19)16-10-12-7-8-15(9-13(12)11-18-16)21-14-5-3-2-4-6-14/h2-11H,1H3. The highest BCUT2D eigenvalue weighted by Crippen LogP contribution is 2.25. The molecule has 0 fully saturated rings. The van der Waals surface area contributed by atoms with Gasteiger partial charge in [0.2, 0.25) is 0 Å². The molecule has 1 heterocycles. The number of para-hydroxylation sites is 1. The van der Waals surface area contributed by atoms with E-state index in [0.717, 1.165) is 22.3 Å². The van der Waals surface area contributed by atoms with Crippen molar-refractivity contribution in [3.05, 3.63) is 66.5 Å². The Morgan fingerprint density at radius 2 is 1.76 bits per heavy atom. The Labute approximate surface area is 122 Å². The molecular formula is C17H13NO3. The first-order chi connectivity index (χ1) is 10.3. The van der Waals surface area contributed by atoms with Crippen LogP contribution in [0.3, 0.4) is 0 Å².